The second-order valence-electron chi connectivity index (χ2n) is 2.76. The molecule has 0 saturated heterocycles. The van der Waals surface area contributed by atoms with E-state index in [2.05, 4.69) is 6.07 Å². The van der Waals surface area contributed by atoms with Gasteiger partial charge in [-0.2, -0.15) is 5.26 Å². The molecule has 1 rings (SSSR count). The van der Waals surface area contributed by atoms with Crippen LogP contribution in [0.3, 0.4) is 0 Å². The molecule has 0 spiro atoms. The molecule has 0 aromatic heterocycles. The van der Waals surface area contributed by atoms with Gasteiger partial charge in [0.25, 0.3) is 0 Å². The van der Waals surface area contributed by atoms with Gasteiger partial charge in [0.15, 0.2) is 0 Å². The molecule has 0 bridgehead atoms. The molecule has 0 radical (unpaired) electrons. The number of nitriles is 1. The lowest BCUT2D eigenvalue weighted by Gasteiger charge is -2.04. The number of nitrogens with zero attached hydrogens (tertiary/aromatic N) is 1. The SMILES string of the molecule is N#CC(CC=CN)c1ccccc1. The molecule has 1 atom stereocenters. The van der Waals surface area contributed by atoms with E-state index in [9.17, 15) is 0 Å². The van der Waals surface area contributed by atoms with E-state index in [0.717, 1.165) is 5.56 Å². The smallest absolute Gasteiger partial charge is 0.0747 e. The van der Waals surface area contributed by atoms with Crippen molar-refractivity contribution in [2.45, 2.75) is 12.3 Å². The Bertz CT molecular complexity index is 309. The number of allylic oxidation sites excluding steroid dienone is 1. The van der Waals surface area contributed by atoms with Gasteiger partial charge in [-0.25, -0.2) is 0 Å². The maximum absolute atomic E-state index is 8.88. The van der Waals surface area contributed by atoms with Crippen molar-refractivity contribution in [1.29, 1.82) is 5.26 Å². The van der Waals surface area contributed by atoms with Crippen molar-refractivity contribution < 1.29 is 0 Å². The van der Waals surface area contributed by atoms with Gasteiger partial charge in [-0.3, -0.25) is 0 Å². The first-order chi connectivity index (χ1) is 6.38. The minimum Gasteiger partial charge on any atom is -0.405 e. The Hall–Kier alpha value is -1.75. The van der Waals surface area contributed by atoms with Crippen molar-refractivity contribution in [1.82, 2.24) is 0 Å². The molecule has 2 N–H and O–H groups in total. The fourth-order valence-corrected chi connectivity index (χ4v) is 1.16. The van der Waals surface area contributed by atoms with E-state index >= 15 is 0 Å². The van der Waals surface area contributed by atoms with Crippen molar-refractivity contribution >= 4 is 0 Å². The topological polar surface area (TPSA) is 49.8 Å². The van der Waals surface area contributed by atoms with E-state index in [1.165, 1.54) is 6.20 Å². The van der Waals surface area contributed by atoms with Gasteiger partial charge in [0.1, 0.15) is 0 Å². The van der Waals surface area contributed by atoms with E-state index < -0.39 is 0 Å². The first kappa shape index (κ1) is 9.34. The molecule has 2 heteroatoms. The summed E-state index contributed by atoms with van der Waals surface area (Å²) >= 11 is 0. The normalized spacial score (nSPS) is 12.5. The van der Waals surface area contributed by atoms with E-state index in [4.69, 9.17) is 11.0 Å². The van der Waals surface area contributed by atoms with Crippen molar-refractivity contribution in [3.63, 3.8) is 0 Å². The zero-order chi connectivity index (χ0) is 9.52. The molecule has 66 valence electrons. The van der Waals surface area contributed by atoms with Crippen LogP contribution in [0.2, 0.25) is 0 Å². The molecular formula is C11H12N2. The predicted octanol–water partition coefficient (Wildman–Crippen LogP) is 2.16. The zero-order valence-electron chi connectivity index (χ0n) is 7.35. The zero-order valence-corrected chi connectivity index (χ0v) is 7.35. The van der Waals surface area contributed by atoms with Crippen LogP contribution in [0.4, 0.5) is 0 Å². The predicted molar refractivity (Wildman–Crippen MR) is 52.7 cm³/mol. The Labute approximate surface area is 78.3 Å². The Morgan fingerprint density at radius 3 is 2.62 bits per heavy atom. The maximum atomic E-state index is 8.88. The van der Waals surface area contributed by atoms with Crippen LogP contribution in [0.25, 0.3) is 0 Å². The summed E-state index contributed by atoms with van der Waals surface area (Å²) in [4.78, 5) is 0. The van der Waals surface area contributed by atoms with Gasteiger partial charge < -0.3 is 5.73 Å². The summed E-state index contributed by atoms with van der Waals surface area (Å²) in [6.45, 7) is 0. The molecule has 0 aliphatic rings. The third kappa shape index (κ3) is 2.64. The fourth-order valence-electron chi connectivity index (χ4n) is 1.16. The van der Waals surface area contributed by atoms with Gasteiger partial charge in [0.05, 0.1) is 12.0 Å². The summed E-state index contributed by atoms with van der Waals surface area (Å²) in [6, 6.07) is 12.0. The molecule has 1 unspecified atom stereocenters. The number of nitrogens with two attached hydrogens (primary N) is 1. The first-order valence-electron chi connectivity index (χ1n) is 4.19. The molecular weight excluding hydrogens is 160 g/mol. The van der Waals surface area contributed by atoms with Crippen LogP contribution in [-0.4, -0.2) is 0 Å². The highest BCUT2D eigenvalue weighted by molar-refractivity contribution is 5.25. The van der Waals surface area contributed by atoms with E-state index in [1.54, 1.807) is 6.08 Å². The molecule has 0 aliphatic heterocycles. The third-order valence-electron chi connectivity index (χ3n) is 1.87. The molecule has 0 saturated carbocycles. The van der Waals surface area contributed by atoms with E-state index in [1.807, 2.05) is 30.3 Å². The van der Waals surface area contributed by atoms with Crippen molar-refractivity contribution in [2.24, 2.45) is 5.73 Å². The quantitative estimate of drug-likeness (QED) is 0.759. The second kappa shape index (κ2) is 5.00. The molecule has 2 nitrogen and oxygen atoms in total. The third-order valence-corrected chi connectivity index (χ3v) is 1.87. The highest BCUT2D eigenvalue weighted by Gasteiger charge is 2.06. The Morgan fingerprint density at radius 1 is 1.38 bits per heavy atom. The lowest BCUT2D eigenvalue weighted by molar-refractivity contribution is 0.876. The molecule has 1 aromatic rings. The number of hydrogen-bond acceptors (Lipinski definition) is 2. The maximum Gasteiger partial charge on any atom is 0.0747 e. The Kier molecular flexibility index (Phi) is 3.59. The minimum atomic E-state index is -0.0824. The molecule has 1 aromatic carbocycles. The number of benzene rings is 1. The highest BCUT2D eigenvalue weighted by atomic mass is 14.5. The standard InChI is InChI=1S/C11H12N2/c12-8-4-7-11(9-13)10-5-2-1-3-6-10/h1-6,8,11H,7,12H2. The molecule has 13 heavy (non-hydrogen) atoms. The summed E-state index contributed by atoms with van der Waals surface area (Å²) in [7, 11) is 0. The summed E-state index contributed by atoms with van der Waals surface area (Å²) in [5, 5.41) is 8.88. The van der Waals surface area contributed by atoms with Crippen molar-refractivity contribution in [3.8, 4) is 6.07 Å². The van der Waals surface area contributed by atoms with Crippen molar-refractivity contribution in [2.75, 3.05) is 0 Å². The van der Waals surface area contributed by atoms with Crippen LogP contribution in [-0.2, 0) is 0 Å². The minimum absolute atomic E-state index is 0.0824. The average molecular weight is 172 g/mol. The lowest BCUT2D eigenvalue weighted by Crippen LogP contribution is -1.93. The lowest BCUT2D eigenvalue weighted by atomic mass is 9.97. The largest absolute Gasteiger partial charge is 0.405 e. The van der Waals surface area contributed by atoms with Gasteiger partial charge in [-0.05, 0) is 18.2 Å². The monoisotopic (exact) mass is 172 g/mol. The van der Waals surface area contributed by atoms with E-state index in [-0.39, 0.29) is 5.92 Å². The van der Waals surface area contributed by atoms with Crippen LogP contribution < -0.4 is 5.73 Å². The highest BCUT2D eigenvalue weighted by Crippen LogP contribution is 2.18. The average Bonchev–Trinajstić information content (AvgIpc) is 2.21. The molecule has 0 fully saturated rings. The van der Waals surface area contributed by atoms with Crippen molar-refractivity contribution in [3.05, 3.63) is 48.2 Å². The molecule has 0 heterocycles. The van der Waals surface area contributed by atoms with Gasteiger partial charge in [0.2, 0.25) is 0 Å². The van der Waals surface area contributed by atoms with Gasteiger partial charge >= 0.3 is 0 Å². The van der Waals surface area contributed by atoms with Gasteiger partial charge in [-0.15, -0.1) is 0 Å². The van der Waals surface area contributed by atoms with Crippen LogP contribution in [0.15, 0.2) is 42.6 Å². The summed E-state index contributed by atoms with van der Waals surface area (Å²) < 4.78 is 0. The fraction of sp³-hybridized carbons (Fsp3) is 0.182. The second-order valence-corrected chi connectivity index (χ2v) is 2.76. The molecule has 0 amide bonds. The first-order valence-corrected chi connectivity index (χ1v) is 4.19. The van der Waals surface area contributed by atoms with Crippen LogP contribution in [0.5, 0.6) is 0 Å². The van der Waals surface area contributed by atoms with Gasteiger partial charge in [-0.1, -0.05) is 36.4 Å². The molecule has 0 aliphatic carbocycles. The summed E-state index contributed by atoms with van der Waals surface area (Å²) in [6.07, 6.45) is 3.96. The van der Waals surface area contributed by atoms with Gasteiger partial charge in [0, 0.05) is 0 Å². The van der Waals surface area contributed by atoms with E-state index in [0.29, 0.717) is 6.42 Å². The number of rotatable bonds is 3. The summed E-state index contributed by atoms with van der Waals surface area (Å²) in [5.74, 6) is -0.0824. The van der Waals surface area contributed by atoms with Crippen LogP contribution in [0.1, 0.15) is 17.9 Å². The Morgan fingerprint density at radius 2 is 2.08 bits per heavy atom. The van der Waals surface area contributed by atoms with Crippen LogP contribution in [0, 0.1) is 11.3 Å². The number of hydrogen-bond donors (Lipinski definition) is 1. The Balaban J connectivity index is 2.74. The van der Waals surface area contributed by atoms with Crippen LogP contribution >= 0.6 is 0 Å². The summed E-state index contributed by atoms with van der Waals surface area (Å²) in [5.41, 5.74) is 6.26.